The molecule has 1 aromatic heterocycles. The molecule has 5 heteroatoms. The Kier molecular flexibility index (Phi) is 3.75. The van der Waals surface area contributed by atoms with Gasteiger partial charge in [0.15, 0.2) is 10.4 Å². The third-order valence-electron chi connectivity index (χ3n) is 2.35. The molecule has 0 aromatic carbocycles. The fraction of sp³-hybridized carbons (Fsp3) is 0.500. The number of carbonyl (C=O) groups excluding carboxylic acids is 1. The standard InChI is InChI=1S/C10H12BrNO2S/c11-9-2-1-8(14-9)10(13)12-7-3-5-15-6-4-7/h1-2,7H,3-6H2,(H,12,13). The lowest BCUT2D eigenvalue weighted by molar-refractivity contribution is 0.0905. The van der Waals surface area contributed by atoms with Crippen molar-refractivity contribution in [2.24, 2.45) is 0 Å². The fourth-order valence-electron chi connectivity index (χ4n) is 1.53. The zero-order chi connectivity index (χ0) is 10.7. The highest BCUT2D eigenvalue weighted by Crippen LogP contribution is 2.18. The number of thioether (sulfide) groups is 1. The van der Waals surface area contributed by atoms with Gasteiger partial charge in [-0.15, -0.1) is 0 Å². The summed E-state index contributed by atoms with van der Waals surface area (Å²) in [6, 6.07) is 3.71. The molecule has 1 saturated heterocycles. The first-order valence-electron chi connectivity index (χ1n) is 4.89. The van der Waals surface area contributed by atoms with Crippen molar-refractivity contribution < 1.29 is 9.21 Å². The normalized spacial score (nSPS) is 17.7. The van der Waals surface area contributed by atoms with Crippen molar-refractivity contribution in [3.63, 3.8) is 0 Å². The van der Waals surface area contributed by atoms with Gasteiger partial charge in [0.2, 0.25) is 0 Å². The van der Waals surface area contributed by atoms with Crippen LogP contribution in [0.1, 0.15) is 23.4 Å². The third-order valence-corrected chi connectivity index (χ3v) is 3.83. The summed E-state index contributed by atoms with van der Waals surface area (Å²) in [5.74, 6) is 2.53. The van der Waals surface area contributed by atoms with Crippen LogP contribution in [-0.4, -0.2) is 23.5 Å². The second-order valence-corrected chi connectivity index (χ2v) is 5.47. The summed E-state index contributed by atoms with van der Waals surface area (Å²) in [6.07, 6.45) is 2.11. The number of nitrogens with one attached hydrogen (secondary N) is 1. The Balaban J connectivity index is 1.91. The van der Waals surface area contributed by atoms with Gasteiger partial charge in [-0.25, -0.2) is 0 Å². The molecule has 0 spiro atoms. The van der Waals surface area contributed by atoms with Gasteiger partial charge in [-0.05, 0) is 52.4 Å². The van der Waals surface area contributed by atoms with Crippen LogP contribution in [0.2, 0.25) is 0 Å². The highest BCUT2D eigenvalue weighted by atomic mass is 79.9. The van der Waals surface area contributed by atoms with E-state index in [1.807, 2.05) is 11.8 Å². The Morgan fingerprint density at radius 2 is 2.20 bits per heavy atom. The lowest BCUT2D eigenvalue weighted by Crippen LogP contribution is -2.37. The Labute approximate surface area is 101 Å². The molecular formula is C10H12BrNO2S. The van der Waals surface area contributed by atoms with E-state index >= 15 is 0 Å². The summed E-state index contributed by atoms with van der Waals surface area (Å²) in [5.41, 5.74) is 0. The van der Waals surface area contributed by atoms with E-state index in [9.17, 15) is 4.79 Å². The van der Waals surface area contributed by atoms with Crippen molar-refractivity contribution in [1.82, 2.24) is 5.32 Å². The lowest BCUT2D eigenvalue weighted by Gasteiger charge is -2.21. The van der Waals surface area contributed by atoms with E-state index in [0.717, 1.165) is 24.3 Å². The van der Waals surface area contributed by atoms with Crippen LogP contribution in [-0.2, 0) is 0 Å². The van der Waals surface area contributed by atoms with Gasteiger partial charge < -0.3 is 9.73 Å². The summed E-state index contributed by atoms with van der Waals surface area (Å²) in [7, 11) is 0. The number of halogens is 1. The third kappa shape index (κ3) is 3.01. The molecule has 15 heavy (non-hydrogen) atoms. The van der Waals surface area contributed by atoms with E-state index in [-0.39, 0.29) is 5.91 Å². The van der Waals surface area contributed by atoms with Gasteiger partial charge in [0.1, 0.15) is 0 Å². The summed E-state index contributed by atoms with van der Waals surface area (Å²) in [5, 5.41) is 2.98. The topological polar surface area (TPSA) is 42.2 Å². The van der Waals surface area contributed by atoms with Gasteiger partial charge in [0.05, 0.1) is 0 Å². The fourth-order valence-corrected chi connectivity index (χ4v) is 2.95. The molecule has 2 rings (SSSR count). The Morgan fingerprint density at radius 3 is 2.80 bits per heavy atom. The highest BCUT2D eigenvalue weighted by Gasteiger charge is 2.18. The van der Waals surface area contributed by atoms with Gasteiger partial charge in [-0.3, -0.25) is 4.79 Å². The minimum Gasteiger partial charge on any atom is -0.444 e. The lowest BCUT2D eigenvalue weighted by atomic mass is 10.1. The molecule has 2 heterocycles. The first kappa shape index (κ1) is 11.1. The molecule has 1 aromatic rings. The Hall–Kier alpha value is -0.420. The molecule has 0 radical (unpaired) electrons. The van der Waals surface area contributed by atoms with E-state index in [1.54, 1.807) is 12.1 Å². The summed E-state index contributed by atoms with van der Waals surface area (Å²) in [6.45, 7) is 0. The molecule has 1 aliphatic heterocycles. The summed E-state index contributed by atoms with van der Waals surface area (Å²) in [4.78, 5) is 11.7. The van der Waals surface area contributed by atoms with Crippen LogP contribution in [0.25, 0.3) is 0 Å². The van der Waals surface area contributed by atoms with Gasteiger partial charge in [-0.2, -0.15) is 11.8 Å². The van der Waals surface area contributed by atoms with Crippen LogP contribution in [0.3, 0.4) is 0 Å². The first-order valence-corrected chi connectivity index (χ1v) is 6.84. The maximum absolute atomic E-state index is 11.7. The van der Waals surface area contributed by atoms with E-state index < -0.39 is 0 Å². The highest BCUT2D eigenvalue weighted by molar-refractivity contribution is 9.10. The van der Waals surface area contributed by atoms with Crippen molar-refractivity contribution in [1.29, 1.82) is 0 Å². The quantitative estimate of drug-likeness (QED) is 0.910. The van der Waals surface area contributed by atoms with Gasteiger partial charge in [0, 0.05) is 6.04 Å². The Morgan fingerprint density at radius 1 is 1.47 bits per heavy atom. The number of carbonyl (C=O) groups is 1. The Bertz CT molecular complexity index is 347. The second-order valence-electron chi connectivity index (χ2n) is 3.46. The molecule has 82 valence electrons. The van der Waals surface area contributed by atoms with Crippen molar-refractivity contribution in [3.05, 3.63) is 22.6 Å². The average Bonchev–Trinajstić information content (AvgIpc) is 2.66. The smallest absolute Gasteiger partial charge is 0.287 e. The average molecular weight is 290 g/mol. The number of rotatable bonds is 2. The molecule has 0 atom stereocenters. The molecule has 0 saturated carbocycles. The molecule has 1 N–H and O–H groups in total. The van der Waals surface area contributed by atoms with Crippen LogP contribution < -0.4 is 5.32 Å². The number of furan rings is 1. The van der Waals surface area contributed by atoms with Gasteiger partial charge in [0.25, 0.3) is 5.91 Å². The SMILES string of the molecule is O=C(NC1CCSCC1)c1ccc(Br)o1. The zero-order valence-electron chi connectivity index (χ0n) is 8.16. The summed E-state index contributed by atoms with van der Waals surface area (Å²) >= 11 is 5.12. The van der Waals surface area contributed by atoms with E-state index in [2.05, 4.69) is 21.2 Å². The number of amides is 1. The van der Waals surface area contributed by atoms with E-state index in [1.165, 1.54) is 0 Å². The predicted octanol–water partition coefficient (Wildman–Crippen LogP) is 2.67. The predicted molar refractivity (Wildman–Crippen MR) is 64.2 cm³/mol. The van der Waals surface area contributed by atoms with E-state index in [0.29, 0.717) is 16.5 Å². The van der Waals surface area contributed by atoms with Crippen molar-refractivity contribution in [2.45, 2.75) is 18.9 Å². The van der Waals surface area contributed by atoms with Crippen LogP contribution in [0, 0.1) is 0 Å². The van der Waals surface area contributed by atoms with Crippen LogP contribution in [0.5, 0.6) is 0 Å². The molecule has 3 nitrogen and oxygen atoms in total. The summed E-state index contributed by atoms with van der Waals surface area (Å²) < 4.78 is 5.78. The maximum Gasteiger partial charge on any atom is 0.287 e. The van der Waals surface area contributed by atoms with Gasteiger partial charge in [-0.1, -0.05) is 0 Å². The van der Waals surface area contributed by atoms with Crippen LogP contribution in [0.15, 0.2) is 21.2 Å². The monoisotopic (exact) mass is 289 g/mol. The van der Waals surface area contributed by atoms with Gasteiger partial charge >= 0.3 is 0 Å². The molecular weight excluding hydrogens is 278 g/mol. The van der Waals surface area contributed by atoms with Crippen LogP contribution in [0.4, 0.5) is 0 Å². The molecule has 1 aliphatic rings. The number of hydrogen-bond donors (Lipinski definition) is 1. The molecule has 1 amide bonds. The minimum atomic E-state index is -0.113. The van der Waals surface area contributed by atoms with Crippen molar-refractivity contribution in [3.8, 4) is 0 Å². The first-order chi connectivity index (χ1) is 7.25. The molecule has 0 aliphatic carbocycles. The number of hydrogen-bond acceptors (Lipinski definition) is 3. The van der Waals surface area contributed by atoms with Crippen molar-refractivity contribution >= 4 is 33.6 Å². The zero-order valence-corrected chi connectivity index (χ0v) is 10.6. The maximum atomic E-state index is 11.7. The van der Waals surface area contributed by atoms with Crippen LogP contribution >= 0.6 is 27.7 Å². The molecule has 0 bridgehead atoms. The van der Waals surface area contributed by atoms with E-state index in [4.69, 9.17) is 4.42 Å². The van der Waals surface area contributed by atoms with Crippen molar-refractivity contribution in [2.75, 3.05) is 11.5 Å². The minimum absolute atomic E-state index is 0.113. The molecule has 0 unspecified atom stereocenters. The second kappa shape index (κ2) is 5.07. The largest absolute Gasteiger partial charge is 0.444 e. The molecule has 1 fully saturated rings.